The predicted octanol–water partition coefficient (Wildman–Crippen LogP) is 5.08. The zero-order chi connectivity index (χ0) is 22.9. The van der Waals surface area contributed by atoms with E-state index in [1.807, 2.05) is 30.3 Å². The molecule has 32 heavy (non-hydrogen) atoms. The third kappa shape index (κ3) is 3.97. The summed E-state index contributed by atoms with van der Waals surface area (Å²) >= 11 is 12.8. The van der Waals surface area contributed by atoms with E-state index in [-0.39, 0.29) is 18.8 Å². The van der Waals surface area contributed by atoms with E-state index in [1.54, 1.807) is 29.2 Å². The molecule has 0 radical (unpaired) electrons. The maximum Gasteiger partial charge on any atom is 0.410 e. The fraction of sp³-hybridized carbons (Fsp3) is 0.375. The van der Waals surface area contributed by atoms with Crippen molar-refractivity contribution >= 4 is 41.0 Å². The Hall–Kier alpha value is -2.57. The van der Waals surface area contributed by atoms with Crippen molar-refractivity contribution in [3.63, 3.8) is 0 Å². The molecule has 2 unspecified atom stereocenters. The number of halogens is 2. The van der Waals surface area contributed by atoms with E-state index in [2.05, 4.69) is 0 Å². The lowest BCUT2D eigenvalue weighted by Crippen LogP contribution is -2.62. The third-order valence-corrected chi connectivity index (χ3v) is 7.69. The molecule has 6 nitrogen and oxygen atoms in total. The molecule has 1 spiro atoms. The van der Waals surface area contributed by atoms with Crippen molar-refractivity contribution in [3.05, 3.63) is 71.3 Å². The Morgan fingerprint density at radius 2 is 1.78 bits per heavy atom. The first-order chi connectivity index (χ1) is 15.3. The lowest BCUT2D eigenvalue weighted by molar-refractivity contribution is -0.139. The number of esters is 1. The van der Waals surface area contributed by atoms with Gasteiger partial charge in [-0.1, -0.05) is 65.7 Å². The van der Waals surface area contributed by atoms with Gasteiger partial charge in [0.25, 0.3) is 0 Å². The second-order valence-corrected chi connectivity index (χ2v) is 9.60. The summed E-state index contributed by atoms with van der Waals surface area (Å²) in [7, 11) is 1.32. The van der Waals surface area contributed by atoms with Crippen LogP contribution in [-0.4, -0.2) is 40.7 Å². The van der Waals surface area contributed by atoms with Gasteiger partial charge in [0.15, 0.2) is 10.1 Å². The second kappa shape index (κ2) is 8.75. The summed E-state index contributed by atoms with van der Waals surface area (Å²) in [6, 6.07) is 15.9. The quantitative estimate of drug-likeness (QED) is 0.455. The number of amides is 1. The van der Waals surface area contributed by atoms with E-state index < -0.39 is 27.9 Å². The lowest BCUT2D eigenvalue weighted by Gasteiger charge is -2.56. The van der Waals surface area contributed by atoms with Gasteiger partial charge in [-0.3, -0.25) is 4.79 Å². The van der Waals surface area contributed by atoms with Gasteiger partial charge < -0.3 is 14.4 Å². The molecule has 168 valence electrons. The molecule has 2 atom stereocenters. The minimum absolute atomic E-state index is 0.156. The first-order valence-electron chi connectivity index (χ1n) is 10.3. The Kier molecular flexibility index (Phi) is 6.19. The molecular weight excluding hydrogens is 453 g/mol. The zero-order valence-corrected chi connectivity index (χ0v) is 19.1. The number of hydrogen-bond donors (Lipinski definition) is 0. The number of alkyl halides is 2. The predicted molar refractivity (Wildman–Crippen MR) is 120 cm³/mol. The van der Waals surface area contributed by atoms with Crippen molar-refractivity contribution in [2.75, 3.05) is 13.7 Å². The van der Waals surface area contributed by atoms with E-state index in [4.69, 9.17) is 32.7 Å². The van der Waals surface area contributed by atoms with Crippen LogP contribution < -0.4 is 0 Å². The maximum atomic E-state index is 13.0. The number of piperidine rings is 1. The molecule has 2 aromatic carbocycles. The monoisotopic (exact) mass is 475 g/mol. The highest BCUT2D eigenvalue weighted by Crippen LogP contribution is 2.62. The highest BCUT2D eigenvalue weighted by atomic mass is 35.5. The summed E-state index contributed by atoms with van der Waals surface area (Å²) in [6.07, 6.45) is 0.752. The number of likely N-dealkylation sites (tertiary alicyclic amines) is 1. The summed E-state index contributed by atoms with van der Waals surface area (Å²) in [5.74, 6) is -0.637. The molecule has 1 amide bonds. The summed E-state index contributed by atoms with van der Waals surface area (Å²) in [6.45, 7) is 0.508. The van der Waals surface area contributed by atoms with Crippen molar-refractivity contribution < 1.29 is 23.9 Å². The molecular formula is C24H23Cl2NO5. The van der Waals surface area contributed by atoms with E-state index in [0.29, 0.717) is 24.9 Å². The summed E-state index contributed by atoms with van der Waals surface area (Å²) < 4.78 is 8.87. The van der Waals surface area contributed by atoms with Crippen LogP contribution in [0.4, 0.5) is 4.79 Å². The number of rotatable bonds is 4. The van der Waals surface area contributed by atoms with Crippen LogP contribution in [0.2, 0.25) is 0 Å². The average molecular weight is 476 g/mol. The summed E-state index contributed by atoms with van der Waals surface area (Å²) in [5.41, 5.74) is 1.49. The molecule has 1 heterocycles. The highest BCUT2D eigenvalue weighted by molar-refractivity contribution is 6.61. The first kappa shape index (κ1) is 22.6. The largest absolute Gasteiger partial charge is 0.465 e. The molecule has 1 saturated carbocycles. The molecule has 2 aromatic rings. The van der Waals surface area contributed by atoms with Crippen molar-refractivity contribution in [1.29, 1.82) is 0 Å². The number of benzene rings is 2. The van der Waals surface area contributed by atoms with Crippen LogP contribution in [0.15, 0.2) is 54.6 Å². The number of nitrogens with zero attached hydrogens (tertiary/aromatic N) is 1. The fourth-order valence-electron chi connectivity index (χ4n) is 4.51. The average Bonchev–Trinajstić information content (AvgIpc) is 2.82. The van der Waals surface area contributed by atoms with Crippen LogP contribution >= 0.6 is 23.2 Å². The van der Waals surface area contributed by atoms with Crippen LogP contribution in [0.1, 0.15) is 46.8 Å². The van der Waals surface area contributed by atoms with Gasteiger partial charge in [0.05, 0.1) is 18.7 Å². The van der Waals surface area contributed by atoms with Gasteiger partial charge in [-0.25, -0.2) is 9.59 Å². The summed E-state index contributed by atoms with van der Waals surface area (Å²) in [4.78, 5) is 38.5. The molecule has 2 aliphatic rings. The SMILES string of the molecule is COC(=O)c1ccc(C2CC3(CCN2C(=O)OCc2ccccc2)CC(=O)C3(Cl)Cl)cc1. The topological polar surface area (TPSA) is 72.9 Å². The molecule has 4 rings (SSSR count). The Morgan fingerprint density at radius 3 is 2.38 bits per heavy atom. The van der Waals surface area contributed by atoms with Crippen LogP contribution in [0.25, 0.3) is 0 Å². The minimum Gasteiger partial charge on any atom is -0.465 e. The first-order valence-corrected chi connectivity index (χ1v) is 11.1. The lowest BCUT2D eigenvalue weighted by atomic mass is 9.59. The van der Waals surface area contributed by atoms with Crippen molar-refractivity contribution in [2.24, 2.45) is 5.41 Å². The van der Waals surface area contributed by atoms with Gasteiger partial charge in [0, 0.05) is 18.4 Å². The van der Waals surface area contributed by atoms with Crippen LogP contribution in [0.5, 0.6) is 0 Å². The molecule has 8 heteroatoms. The van der Waals surface area contributed by atoms with E-state index in [0.717, 1.165) is 11.1 Å². The number of carbonyl (C=O) groups is 3. The minimum atomic E-state index is -1.46. The molecule has 1 aliphatic heterocycles. The van der Waals surface area contributed by atoms with E-state index in [9.17, 15) is 14.4 Å². The van der Waals surface area contributed by atoms with Gasteiger partial charge in [-0.05, 0) is 36.1 Å². The molecule has 0 bridgehead atoms. The van der Waals surface area contributed by atoms with Crippen LogP contribution in [-0.2, 0) is 20.9 Å². The van der Waals surface area contributed by atoms with Crippen LogP contribution in [0, 0.1) is 5.41 Å². The number of hydrogen-bond acceptors (Lipinski definition) is 5. The fourth-order valence-corrected chi connectivity index (χ4v) is 5.13. The number of ether oxygens (including phenoxy) is 2. The van der Waals surface area contributed by atoms with Gasteiger partial charge in [-0.15, -0.1) is 0 Å². The van der Waals surface area contributed by atoms with Gasteiger partial charge in [-0.2, -0.15) is 0 Å². The maximum absolute atomic E-state index is 13.0. The van der Waals surface area contributed by atoms with Gasteiger partial charge in [0.2, 0.25) is 0 Å². The smallest absolute Gasteiger partial charge is 0.410 e. The number of carbonyl (C=O) groups excluding carboxylic acids is 3. The van der Waals surface area contributed by atoms with Gasteiger partial charge >= 0.3 is 12.1 Å². The second-order valence-electron chi connectivity index (χ2n) is 8.27. The van der Waals surface area contributed by atoms with Crippen molar-refractivity contribution in [2.45, 2.75) is 36.2 Å². The zero-order valence-electron chi connectivity index (χ0n) is 17.6. The Morgan fingerprint density at radius 1 is 1.09 bits per heavy atom. The summed E-state index contributed by atoms with van der Waals surface area (Å²) in [5, 5.41) is 0. The molecule has 0 aromatic heterocycles. The standard InChI is InChI=1S/C24H23Cl2NO5/c1-31-21(29)18-9-7-17(8-10-18)19-13-23(14-20(28)24(23,25)26)11-12-27(19)22(30)32-15-16-5-3-2-4-6-16/h2-10,19H,11-15H2,1H3. The molecule has 1 saturated heterocycles. The number of methoxy groups -OCH3 is 1. The number of Topliss-reactive ketones (excluding diaryl/α,β-unsaturated/α-hetero) is 1. The third-order valence-electron chi connectivity index (χ3n) is 6.46. The Balaban J connectivity index is 1.58. The molecule has 0 N–H and O–H groups in total. The van der Waals surface area contributed by atoms with E-state index >= 15 is 0 Å². The van der Waals surface area contributed by atoms with Crippen molar-refractivity contribution in [1.82, 2.24) is 4.90 Å². The normalized spacial score (nSPS) is 24.0. The highest BCUT2D eigenvalue weighted by Gasteiger charge is 2.66. The van der Waals surface area contributed by atoms with Crippen molar-refractivity contribution in [3.8, 4) is 0 Å². The van der Waals surface area contributed by atoms with Crippen LogP contribution in [0.3, 0.4) is 0 Å². The molecule has 1 aliphatic carbocycles. The van der Waals surface area contributed by atoms with E-state index in [1.165, 1.54) is 7.11 Å². The van der Waals surface area contributed by atoms with Gasteiger partial charge in [0.1, 0.15) is 6.61 Å². The molecule has 2 fully saturated rings. The number of ketones is 1. The Labute approximate surface area is 196 Å². The Bertz CT molecular complexity index is 1020.